The fraction of sp³-hybridized carbons (Fsp3) is 0.346. The number of aliphatic hydroxyl groups is 1. The number of aliphatic carboxylic acids is 1. The number of rotatable bonds is 10. The van der Waals surface area contributed by atoms with Crippen molar-refractivity contribution in [1.29, 1.82) is 0 Å². The molecule has 34 heavy (non-hydrogen) atoms. The Hall–Kier alpha value is -3.81. The Morgan fingerprint density at radius 2 is 1.62 bits per heavy atom. The first kappa shape index (κ1) is 24.8. The van der Waals surface area contributed by atoms with Gasteiger partial charge in [-0.3, -0.25) is 14.4 Å². The number of likely N-dealkylation sites (tertiary alicyclic amines) is 1. The van der Waals surface area contributed by atoms with Crippen LogP contribution in [0.1, 0.15) is 48.4 Å². The molecule has 8 heteroatoms. The third-order valence-corrected chi connectivity index (χ3v) is 5.88. The lowest BCUT2D eigenvalue weighted by atomic mass is 9.94. The molecule has 1 heterocycles. The van der Waals surface area contributed by atoms with Crippen LogP contribution in [0, 0.1) is 6.92 Å². The highest BCUT2D eigenvalue weighted by Gasteiger charge is 2.46. The van der Waals surface area contributed by atoms with Crippen LogP contribution in [-0.4, -0.2) is 53.5 Å². The SMILES string of the molecule is COc1ccc([C@H]2C(=C(O)c3ccc(C)cc3)C(=O)C(=O)N2CCCCCC(=O)O)cc1OC. The molecule has 2 aromatic rings. The van der Waals surface area contributed by atoms with Crippen LogP contribution in [0.4, 0.5) is 0 Å². The minimum atomic E-state index is -0.871. The number of carbonyl (C=O) groups is 3. The summed E-state index contributed by atoms with van der Waals surface area (Å²) in [7, 11) is 3.01. The van der Waals surface area contributed by atoms with Crippen molar-refractivity contribution in [3.05, 3.63) is 64.7 Å². The number of carboxylic acid groups (broad SMARTS) is 1. The van der Waals surface area contributed by atoms with E-state index in [1.165, 1.54) is 19.1 Å². The normalized spacial score (nSPS) is 17.1. The van der Waals surface area contributed by atoms with Crippen LogP contribution in [0.15, 0.2) is 48.0 Å². The summed E-state index contributed by atoms with van der Waals surface area (Å²) >= 11 is 0. The lowest BCUT2D eigenvalue weighted by Crippen LogP contribution is -2.30. The lowest BCUT2D eigenvalue weighted by molar-refractivity contribution is -0.140. The van der Waals surface area contributed by atoms with E-state index in [0.29, 0.717) is 41.9 Å². The summed E-state index contributed by atoms with van der Waals surface area (Å²) in [5, 5.41) is 19.9. The smallest absolute Gasteiger partial charge is 0.303 e. The third kappa shape index (κ3) is 5.22. The van der Waals surface area contributed by atoms with Crippen LogP contribution in [0.3, 0.4) is 0 Å². The average Bonchev–Trinajstić information content (AvgIpc) is 3.08. The van der Waals surface area contributed by atoms with Gasteiger partial charge in [0.25, 0.3) is 11.7 Å². The maximum absolute atomic E-state index is 13.1. The molecule has 2 aromatic carbocycles. The van der Waals surface area contributed by atoms with Crippen molar-refractivity contribution in [2.75, 3.05) is 20.8 Å². The predicted octanol–water partition coefficient (Wildman–Crippen LogP) is 4.08. The molecule has 0 spiro atoms. The molecule has 0 saturated carbocycles. The number of hydrogen-bond donors (Lipinski definition) is 2. The van der Waals surface area contributed by atoms with Crippen molar-refractivity contribution < 1.29 is 34.1 Å². The number of benzene rings is 2. The van der Waals surface area contributed by atoms with Crippen molar-refractivity contribution in [1.82, 2.24) is 4.90 Å². The van der Waals surface area contributed by atoms with Gasteiger partial charge in [-0.25, -0.2) is 0 Å². The number of hydrogen-bond acceptors (Lipinski definition) is 6. The van der Waals surface area contributed by atoms with Gasteiger partial charge >= 0.3 is 5.97 Å². The second-order valence-corrected chi connectivity index (χ2v) is 8.18. The van der Waals surface area contributed by atoms with Gasteiger partial charge < -0.3 is 24.6 Å². The van der Waals surface area contributed by atoms with Crippen molar-refractivity contribution in [2.45, 2.75) is 38.6 Å². The number of ketones is 1. The molecule has 0 bridgehead atoms. The molecule has 1 aliphatic rings. The van der Waals surface area contributed by atoms with Crippen LogP contribution in [0.2, 0.25) is 0 Å². The van der Waals surface area contributed by atoms with E-state index >= 15 is 0 Å². The molecule has 3 rings (SSSR count). The minimum Gasteiger partial charge on any atom is -0.507 e. The van der Waals surface area contributed by atoms with Crippen LogP contribution in [-0.2, 0) is 14.4 Å². The molecule has 8 nitrogen and oxygen atoms in total. The van der Waals surface area contributed by atoms with E-state index in [0.717, 1.165) is 5.56 Å². The van der Waals surface area contributed by atoms with Crippen molar-refractivity contribution in [3.8, 4) is 11.5 Å². The number of Topliss-reactive ketones (excluding diaryl/α,β-unsaturated/α-hetero) is 1. The first-order valence-corrected chi connectivity index (χ1v) is 11.1. The van der Waals surface area contributed by atoms with E-state index in [9.17, 15) is 19.5 Å². The molecule has 0 unspecified atom stereocenters. The topological polar surface area (TPSA) is 113 Å². The van der Waals surface area contributed by atoms with Crippen LogP contribution in [0.5, 0.6) is 11.5 Å². The zero-order chi connectivity index (χ0) is 24.8. The number of aliphatic hydroxyl groups excluding tert-OH is 1. The summed E-state index contributed by atoms with van der Waals surface area (Å²) in [6.07, 6.45) is 1.63. The average molecular weight is 468 g/mol. The zero-order valence-corrected chi connectivity index (χ0v) is 19.5. The summed E-state index contributed by atoms with van der Waals surface area (Å²) in [5.74, 6) is -1.65. The Morgan fingerprint density at radius 3 is 2.24 bits per heavy atom. The van der Waals surface area contributed by atoms with E-state index in [-0.39, 0.29) is 24.3 Å². The number of amides is 1. The Bertz CT molecular complexity index is 1100. The molecular formula is C26H29NO7. The van der Waals surface area contributed by atoms with E-state index in [2.05, 4.69) is 0 Å². The second kappa shape index (κ2) is 10.9. The number of aryl methyl sites for hydroxylation is 1. The highest BCUT2D eigenvalue weighted by molar-refractivity contribution is 6.46. The molecule has 1 amide bonds. The Balaban J connectivity index is 2.04. The van der Waals surface area contributed by atoms with E-state index in [4.69, 9.17) is 14.6 Å². The molecule has 0 aliphatic carbocycles. The molecule has 1 saturated heterocycles. The zero-order valence-electron chi connectivity index (χ0n) is 19.5. The van der Waals surface area contributed by atoms with Gasteiger partial charge in [0, 0.05) is 18.5 Å². The number of carboxylic acids is 1. The van der Waals surface area contributed by atoms with Gasteiger partial charge in [-0.1, -0.05) is 42.3 Å². The van der Waals surface area contributed by atoms with Crippen molar-refractivity contribution >= 4 is 23.4 Å². The first-order chi connectivity index (χ1) is 16.3. The fourth-order valence-corrected chi connectivity index (χ4v) is 4.08. The largest absolute Gasteiger partial charge is 0.507 e. The monoisotopic (exact) mass is 467 g/mol. The second-order valence-electron chi connectivity index (χ2n) is 8.18. The van der Waals surface area contributed by atoms with Gasteiger partial charge in [0.1, 0.15) is 5.76 Å². The summed E-state index contributed by atoms with van der Waals surface area (Å²) < 4.78 is 10.7. The van der Waals surface area contributed by atoms with Gasteiger partial charge in [-0.2, -0.15) is 0 Å². The lowest BCUT2D eigenvalue weighted by Gasteiger charge is -2.26. The molecule has 0 radical (unpaired) electrons. The quantitative estimate of drug-likeness (QED) is 0.234. The fourth-order valence-electron chi connectivity index (χ4n) is 4.08. The summed E-state index contributed by atoms with van der Waals surface area (Å²) in [4.78, 5) is 38.3. The molecule has 180 valence electrons. The molecule has 1 aliphatic heterocycles. The highest BCUT2D eigenvalue weighted by atomic mass is 16.5. The predicted molar refractivity (Wildman–Crippen MR) is 126 cm³/mol. The summed E-state index contributed by atoms with van der Waals surface area (Å²) in [6.45, 7) is 2.16. The van der Waals surface area contributed by atoms with E-state index in [1.807, 2.05) is 19.1 Å². The summed E-state index contributed by atoms with van der Waals surface area (Å²) in [6, 6.07) is 11.3. The number of methoxy groups -OCH3 is 2. The first-order valence-electron chi connectivity index (χ1n) is 11.1. The Labute approximate surface area is 198 Å². The molecule has 2 N–H and O–H groups in total. The molecular weight excluding hydrogens is 438 g/mol. The van der Waals surface area contributed by atoms with Crippen LogP contribution < -0.4 is 9.47 Å². The van der Waals surface area contributed by atoms with Crippen molar-refractivity contribution in [2.24, 2.45) is 0 Å². The van der Waals surface area contributed by atoms with E-state index in [1.54, 1.807) is 30.3 Å². The Kier molecular flexibility index (Phi) is 7.94. The standard InChI is InChI=1S/C26H29NO7/c1-16-8-10-17(11-9-16)24(30)22-23(18-12-13-19(33-2)20(15-18)34-3)27(26(32)25(22)31)14-6-4-5-7-21(28)29/h8-13,15,23,30H,4-7,14H2,1-3H3,(H,28,29)/t23-/m0/s1. The molecule has 1 fully saturated rings. The van der Waals surface area contributed by atoms with Crippen molar-refractivity contribution in [3.63, 3.8) is 0 Å². The minimum absolute atomic E-state index is 0.00612. The Morgan fingerprint density at radius 1 is 0.941 bits per heavy atom. The van der Waals surface area contributed by atoms with E-state index < -0.39 is 23.7 Å². The number of unbranched alkanes of at least 4 members (excludes halogenated alkanes) is 2. The number of nitrogens with zero attached hydrogens (tertiary/aromatic N) is 1. The summed E-state index contributed by atoms with van der Waals surface area (Å²) in [5.41, 5.74) is 2.04. The van der Waals surface area contributed by atoms with Gasteiger partial charge in [-0.15, -0.1) is 0 Å². The number of ether oxygens (including phenoxy) is 2. The maximum Gasteiger partial charge on any atom is 0.303 e. The van der Waals surface area contributed by atoms with Crippen LogP contribution in [0.25, 0.3) is 5.76 Å². The van der Waals surface area contributed by atoms with Gasteiger partial charge in [0.05, 0.1) is 25.8 Å². The maximum atomic E-state index is 13.1. The third-order valence-electron chi connectivity index (χ3n) is 5.88. The van der Waals surface area contributed by atoms with Gasteiger partial charge in [0.2, 0.25) is 0 Å². The molecule has 1 atom stereocenters. The highest BCUT2D eigenvalue weighted by Crippen LogP contribution is 2.42. The molecule has 0 aromatic heterocycles. The number of carbonyl (C=O) groups excluding carboxylic acids is 2. The van der Waals surface area contributed by atoms with Gasteiger partial charge in [-0.05, 0) is 37.5 Å². The van der Waals surface area contributed by atoms with Gasteiger partial charge in [0.15, 0.2) is 11.5 Å². The van der Waals surface area contributed by atoms with Crippen LogP contribution >= 0.6 is 0 Å².